The summed E-state index contributed by atoms with van der Waals surface area (Å²) >= 11 is 5.59. The van der Waals surface area contributed by atoms with Crippen LogP contribution in [0.15, 0.2) is 18.2 Å². The molecule has 1 aromatic rings. The van der Waals surface area contributed by atoms with Gasteiger partial charge in [0.2, 0.25) is 0 Å². The van der Waals surface area contributed by atoms with Gasteiger partial charge in [0, 0.05) is 5.56 Å². The van der Waals surface area contributed by atoms with Crippen LogP contribution in [0.2, 0.25) is 5.02 Å². The maximum atomic E-state index is 13.4. The van der Waals surface area contributed by atoms with E-state index >= 15 is 0 Å². The number of nitrogens with two attached hydrogens (primary N) is 1. The van der Waals surface area contributed by atoms with Gasteiger partial charge >= 0.3 is 0 Å². The first-order valence-electron chi connectivity index (χ1n) is 4.45. The molecule has 0 aliphatic heterocycles. The van der Waals surface area contributed by atoms with Crippen molar-refractivity contribution in [2.24, 2.45) is 5.73 Å². The Bertz CT molecular complexity index is 319. The zero-order valence-electron chi connectivity index (χ0n) is 7.87. The predicted molar refractivity (Wildman–Crippen MR) is 54.6 cm³/mol. The highest BCUT2D eigenvalue weighted by atomic mass is 35.5. The molecule has 1 rings (SSSR count). The molecule has 78 valence electrons. The van der Waals surface area contributed by atoms with Gasteiger partial charge in [-0.15, -0.1) is 0 Å². The van der Waals surface area contributed by atoms with Crippen LogP contribution in [0.3, 0.4) is 0 Å². The Labute approximate surface area is 87.5 Å². The fourth-order valence-corrected chi connectivity index (χ4v) is 1.42. The molecule has 0 spiro atoms. The van der Waals surface area contributed by atoms with Crippen molar-refractivity contribution in [3.05, 3.63) is 34.6 Å². The third-order valence-corrected chi connectivity index (χ3v) is 2.47. The molecule has 0 saturated carbocycles. The minimum atomic E-state index is -0.747. The van der Waals surface area contributed by atoms with Crippen LogP contribution in [-0.2, 0) is 0 Å². The monoisotopic (exact) mass is 217 g/mol. The molecular weight excluding hydrogens is 205 g/mol. The molecule has 14 heavy (non-hydrogen) atoms. The lowest BCUT2D eigenvalue weighted by Gasteiger charge is -2.18. The van der Waals surface area contributed by atoms with Crippen LogP contribution in [0.25, 0.3) is 0 Å². The molecule has 0 aliphatic rings. The van der Waals surface area contributed by atoms with Crippen molar-refractivity contribution in [3.8, 4) is 0 Å². The fraction of sp³-hybridized carbons (Fsp3) is 0.400. The SMILES string of the molecule is CC[C@@H](O)[C@@H](N)c1cccc(Cl)c1F. The molecule has 2 nitrogen and oxygen atoms in total. The van der Waals surface area contributed by atoms with Crippen molar-refractivity contribution in [2.45, 2.75) is 25.5 Å². The minimum Gasteiger partial charge on any atom is -0.391 e. The second kappa shape index (κ2) is 4.73. The van der Waals surface area contributed by atoms with E-state index in [0.717, 1.165) is 0 Å². The molecule has 3 N–H and O–H groups in total. The number of aliphatic hydroxyl groups is 1. The summed E-state index contributed by atoms with van der Waals surface area (Å²) in [4.78, 5) is 0. The Kier molecular flexibility index (Phi) is 3.86. The predicted octanol–water partition coefficient (Wildman–Crippen LogP) is 2.25. The van der Waals surface area contributed by atoms with Crippen LogP contribution >= 0.6 is 11.6 Å². The smallest absolute Gasteiger partial charge is 0.146 e. The number of hydrogen-bond donors (Lipinski definition) is 2. The van der Waals surface area contributed by atoms with E-state index in [2.05, 4.69) is 0 Å². The molecule has 0 bridgehead atoms. The molecule has 0 aromatic heterocycles. The summed E-state index contributed by atoms with van der Waals surface area (Å²) in [5.74, 6) is -0.547. The van der Waals surface area contributed by atoms with Crippen LogP contribution in [0.4, 0.5) is 4.39 Å². The molecule has 0 heterocycles. The van der Waals surface area contributed by atoms with E-state index in [-0.39, 0.29) is 10.6 Å². The highest BCUT2D eigenvalue weighted by molar-refractivity contribution is 6.30. The fourth-order valence-electron chi connectivity index (χ4n) is 1.24. The van der Waals surface area contributed by atoms with Gasteiger partial charge in [0.05, 0.1) is 17.2 Å². The van der Waals surface area contributed by atoms with Gasteiger partial charge in [0.1, 0.15) is 5.82 Å². The van der Waals surface area contributed by atoms with E-state index in [1.807, 2.05) is 0 Å². The summed E-state index contributed by atoms with van der Waals surface area (Å²) in [5.41, 5.74) is 5.93. The first-order valence-corrected chi connectivity index (χ1v) is 4.83. The molecule has 4 heteroatoms. The highest BCUT2D eigenvalue weighted by Gasteiger charge is 2.19. The van der Waals surface area contributed by atoms with E-state index in [1.54, 1.807) is 13.0 Å². The van der Waals surface area contributed by atoms with Crippen molar-refractivity contribution in [1.29, 1.82) is 0 Å². The van der Waals surface area contributed by atoms with Crippen LogP contribution in [0.5, 0.6) is 0 Å². The van der Waals surface area contributed by atoms with E-state index in [4.69, 9.17) is 17.3 Å². The quantitative estimate of drug-likeness (QED) is 0.816. The van der Waals surface area contributed by atoms with Gasteiger partial charge in [0.25, 0.3) is 0 Å². The molecule has 0 radical (unpaired) electrons. The maximum Gasteiger partial charge on any atom is 0.146 e. The Morgan fingerprint density at radius 2 is 2.21 bits per heavy atom. The van der Waals surface area contributed by atoms with Crippen LogP contribution < -0.4 is 5.73 Å². The summed E-state index contributed by atoms with van der Waals surface area (Å²) in [7, 11) is 0. The lowest BCUT2D eigenvalue weighted by molar-refractivity contribution is 0.139. The molecule has 0 saturated heterocycles. The topological polar surface area (TPSA) is 46.2 Å². The average molecular weight is 218 g/mol. The third-order valence-electron chi connectivity index (χ3n) is 2.17. The Morgan fingerprint density at radius 1 is 1.57 bits per heavy atom. The van der Waals surface area contributed by atoms with Gasteiger partial charge in [0.15, 0.2) is 0 Å². The van der Waals surface area contributed by atoms with E-state index in [1.165, 1.54) is 12.1 Å². The van der Waals surface area contributed by atoms with E-state index < -0.39 is 18.0 Å². The molecule has 0 unspecified atom stereocenters. The molecule has 0 amide bonds. The highest BCUT2D eigenvalue weighted by Crippen LogP contribution is 2.24. The van der Waals surface area contributed by atoms with Gasteiger partial charge in [-0.2, -0.15) is 0 Å². The maximum absolute atomic E-state index is 13.4. The van der Waals surface area contributed by atoms with Crippen molar-refractivity contribution in [2.75, 3.05) is 0 Å². The van der Waals surface area contributed by atoms with Crippen molar-refractivity contribution < 1.29 is 9.50 Å². The van der Waals surface area contributed by atoms with Gasteiger partial charge in [-0.3, -0.25) is 0 Å². The number of halogens is 2. The van der Waals surface area contributed by atoms with Crippen LogP contribution in [0, 0.1) is 5.82 Å². The normalized spacial score (nSPS) is 15.2. The Morgan fingerprint density at radius 3 is 2.79 bits per heavy atom. The molecular formula is C10H13ClFNO. The molecule has 0 fully saturated rings. The average Bonchev–Trinajstić information content (AvgIpc) is 2.20. The van der Waals surface area contributed by atoms with Crippen molar-refractivity contribution >= 4 is 11.6 Å². The van der Waals surface area contributed by atoms with Gasteiger partial charge in [-0.05, 0) is 12.5 Å². The van der Waals surface area contributed by atoms with E-state index in [9.17, 15) is 9.50 Å². The van der Waals surface area contributed by atoms with Gasteiger partial charge in [-0.25, -0.2) is 4.39 Å². The summed E-state index contributed by atoms with van der Waals surface area (Å²) in [6, 6.07) is 3.87. The van der Waals surface area contributed by atoms with Crippen molar-refractivity contribution in [3.63, 3.8) is 0 Å². The Balaban J connectivity index is 3.01. The van der Waals surface area contributed by atoms with Gasteiger partial charge in [-0.1, -0.05) is 30.7 Å². The molecule has 2 atom stereocenters. The van der Waals surface area contributed by atoms with Crippen LogP contribution in [0.1, 0.15) is 24.9 Å². The number of aliphatic hydroxyl groups excluding tert-OH is 1. The van der Waals surface area contributed by atoms with Crippen molar-refractivity contribution in [1.82, 2.24) is 0 Å². The lowest BCUT2D eigenvalue weighted by atomic mass is 10.0. The zero-order chi connectivity index (χ0) is 10.7. The minimum absolute atomic E-state index is 0.0289. The molecule has 0 aliphatic carbocycles. The first-order chi connectivity index (χ1) is 6.57. The summed E-state index contributed by atoms with van der Waals surface area (Å²) in [6.45, 7) is 1.78. The lowest BCUT2D eigenvalue weighted by Crippen LogP contribution is -2.26. The summed E-state index contributed by atoms with van der Waals surface area (Å²) < 4.78 is 13.4. The second-order valence-electron chi connectivity index (χ2n) is 3.14. The summed E-state index contributed by atoms with van der Waals surface area (Å²) in [5, 5.41) is 9.49. The third kappa shape index (κ3) is 2.23. The number of rotatable bonds is 3. The number of benzene rings is 1. The molecule has 1 aromatic carbocycles. The number of hydrogen-bond acceptors (Lipinski definition) is 2. The largest absolute Gasteiger partial charge is 0.391 e. The van der Waals surface area contributed by atoms with Gasteiger partial charge < -0.3 is 10.8 Å². The zero-order valence-corrected chi connectivity index (χ0v) is 8.63. The summed E-state index contributed by atoms with van der Waals surface area (Å²) in [6.07, 6.45) is -0.268. The van der Waals surface area contributed by atoms with E-state index in [0.29, 0.717) is 6.42 Å². The standard InChI is InChI=1S/C10H13ClFNO/c1-2-8(14)10(13)6-4-3-5-7(11)9(6)12/h3-5,8,10,14H,2,13H2,1H3/t8-,10+/m1/s1. The van der Waals surface area contributed by atoms with Crippen LogP contribution in [-0.4, -0.2) is 11.2 Å². The second-order valence-corrected chi connectivity index (χ2v) is 3.55. The first kappa shape index (κ1) is 11.4. The Hall–Kier alpha value is -0.640.